The molecular weight excluding hydrogens is 363 g/mol. The average molecular weight is 375 g/mol. The van der Waals surface area contributed by atoms with E-state index in [4.69, 9.17) is 44.3 Å². The standard InChI is InChI=1S/C16H13Cl3O4/c1-2-22-14-7-10(16(20)21)6-13(19)15(14)23-8-9-3-4-11(17)12(18)5-9/h3-7H,2,8H2,1H3,(H,20,21)/p-1. The highest BCUT2D eigenvalue weighted by molar-refractivity contribution is 6.42. The summed E-state index contributed by atoms with van der Waals surface area (Å²) < 4.78 is 11.1. The fourth-order valence-corrected chi connectivity index (χ4v) is 2.46. The molecule has 0 aliphatic heterocycles. The van der Waals surface area contributed by atoms with Gasteiger partial charge in [-0.15, -0.1) is 0 Å². The highest BCUT2D eigenvalue weighted by Gasteiger charge is 2.13. The lowest BCUT2D eigenvalue weighted by molar-refractivity contribution is -0.255. The van der Waals surface area contributed by atoms with E-state index >= 15 is 0 Å². The average Bonchev–Trinajstić information content (AvgIpc) is 2.49. The van der Waals surface area contributed by atoms with E-state index in [0.29, 0.717) is 16.7 Å². The maximum atomic E-state index is 11.0. The number of hydrogen-bond donors (Lipinski definition) is 0. The van der Waals surface area contributed by atoms with Crippen molar-refractivity contribution < 1.29 is 19.4 Å². The highest BCUT2D eigenvalue weighted by atomic mass is 35.5. The number of ether oxygens (including phenoxy) is 2. The molecule has 2 aromatic rings. The van der Waals surface area contributed by atoms with Crippen molar-refractivity contribution in [1.82, 2.24) is 0 Å². The van der Waals surface area contributed by atoms with E-state index in [1.807, 2.05) is 0 Å². The first-order chi connectivity index (χ1) is 10.9. The van der Waals surface area contributed by atoms with Crippen LogP contribution in [0.2, 0.25) is 15.1 Å². The Morgan fingerprint density at radius 3 is 2.39 bits per heavy atom. The van der Waals surface area contributed by atoms with Gasteiger partial charge in [-0.2, -0.15) is 0 Å². The molecule has 0 N–H and O–H groups in total. The quantitative estimate of drug-likeness (QED) is 0.767. The molecule has 0 fully saturated rings. The normalized spacial score (nSPS) is 10.4. The molecule has 2 rings (SSSR count). The smallest absolute Gasteiger partial charge is 0.180 e. The summed E-state index contributed by atoms with van der Waals surface area (Å²) in [6.07, 6.45) is 0. The summed E-state index contributed by atoms with van der Waals surface area (Å²) >= 11 is 17.9. The molecule has 0 atom stereocenters. The molecule has 0 aliphatic carbocycles. The number of hydrogen-bond acceptors (Lipinski definition) is 4. The predicted molar refractivity (Wildman–Crippen MR) is 87.7 cm³/mol. The number of carbonyl (C=O) groups is 1. The zero-order valence-corrected chi connectivity index (χ0v) is 14.3. The van der Waals surface area contributed by atoms with Crippen LogP contribution in [0.25, 0.3) is 0 Å². The van der Waals surface area contributed by atoms with Gasteiger partial charge in [-0.25, -0.2) is 0 Å². The molecule has 0 saturated heterocycles. The minimum Gasteiger partial charge on any atom is -0.545 e. The Bertz CT molecular complexity index is 732. The lowest BCUT2D eigenvalue weighted by atomic mass is 10.2. The van der Waals surface area contributed by atoms with Gasteiger partial charge in [0.25, 0.3) is 0 Å². The van der Waals surface area contributed by atoms with Gasteiger partial charge in [-0.1, -0.05) is 40.9 Å². The Balaban J connectivity index is 2.27. The summed E-state index contributed by atoms with van der Waals surface area (Å²) in [6, 6.07) is 7.66. The fraction of sp³-hybridized carbons (Fsp3) is 0.188. The lowest BCUT2D eigenvalue weighted by Crippen LogP contribution is -2.22. The van der Waals surface area contributed by atoms with E-state index in [2.05, 4.69) is 0 Å². The largest absolute Gasteiger partial charge is 0.545 e. The van der Waals surface area contributed by atoms with Crippen molar-refractivity contribution in [2.45, 2.75) is 13.5 Å². The van der Waals surface area contributed by atoms with Crippen molar-refractivity contribution in [3.63, 3.8) is 0 Å². The van der Waals surface area contributed by atoms with Gasteiger partial charge in [0.15, 0.2) is 11.5 Å². The second-order valence-electron chi connectivity index (χ2n) is 4.54. The van der Waals surface area contributed by atoms with Gasteiger partial charge in [0.1, 0.15) is 6.61 Å². The van der Waals surface area contributed by atoms with Crippen molar-refractivity contribution in [2.24, 2.45) is 0 Å². The van der Waals surface area contributed by atoms with Crippen LogP contribution >= 0.6 is 34.8 Å². The zero-order chi connectivity index (χ0) is 17.0. The second kappa shape index (κ2) is 7.77. The number of halogens is 3. The van der Waals surface area contributed by atoms with E-state index in [0.717, 1.165) is 5.56 Å². The van der Waals surface area contributed by atoms with Crippen molar-refractivity contribution in [3.8, 4) is 11.5 Å². The molecule has 4 nitrogen and oxygen atoms in total. The van der Waals surface area contributed by atoms with Gasteiger partial charge >= 0.3 is 0 Å². The molecule has 0 aliphatic rings. The number of aromatic carboxylic acids is 1. The molecular formula is C16H12Cl3O4-. The van der Waals surface area contributed by atoms with Crippen LogP contribution in [0.1, 0.15) is 22.8 Å². The molecule has 7 heteroatoms. The molecule has 0 radical (unpaired) electrons. The number of rotatable bonds is 6. The van der Waals surface area contributed by atoms with Crippen LogP contribution in [0.4, 0.5) is 0 Å². The Morgan fingerprint density at radius 2 is 1.78 bits per heavy atom. The van der Waals surface area contributed by atoms with Gasteiger partial charge in [-0.05, 0) is 36.8 Å². The number of carboxylic acids is 1. The maximum Gasteiger partial charge on any atom is 0.180 e. The third-order valence-electron chi connectivity index (χ3n) is 2.91. The summed E-state index contributed by atoms with van der Waals surface area (Å²) in [7, 11) is 0. The minimum absolute atomic E-state index is 0.0830. The van der Waals surface area contributed by atoms with Crippen molar-refractivity contribution in [1.29, 1.82) is 0 Å². The molecule has 0 heterocycles. The van der Waals surface area contributed by atoms with E-state index in [1.165, 1.54) is 12.1 Å². The molecule has 0 amide bonds. The first kappa shape index (κ1) is 17.7. The first-order valence-electron chi connectivity index (χ1n) is 6.66. The lowest BCUT2D eigenvalue weighted by Gasteiger charge is -2.16. The van der Waals surface area contributed by atoms with Gasteiger partial charge in [0, 0.05) is 5.56 Å². The van der Waals surface area contributed by atoms with Crippen molar-refractivity contribution in [2.75, 3.05) is 6.61 Å². The van der Waals surface area contributed by atoms with Gasteiger partial charge in [-0.3, -0.25) is 0 Å². The molecule has 0 unspecified atom stereocenters. The SMILES string of the molecule is CCOc1cc(C(=O)[O-])cc(Cl)c1OCc1ccc(Cl)c(Cl)c1. The van der Waals surface area contributed by atoms with Gasteiger partial charge in [0.2, 0.25) is 0 Å². The van der Waals surface area contributed by atoms with E-state index in [9.17, 15) is 9.90 Å². The zero-order valence-electron chi connectivity index (χ0n) is 12.1. The number of benzene rings is 2. The number of carboxylic acid groups (broad SMARTS) is 1. The van der Waals surface area contributed by atoms with Crippen LogP contribution in [-0.4, -0.2) is 12.6 Å². The van der Waals surface area contributed by atoms with Crippen LogP contribution < -0.4 is 14.6 Å². The molecule has 2 aromatic carbocycles. The van der Waals surface area contributed by atoms with Crippen molar-refractivity contribution in [3.05, 3.63) is 56.5 Å². The highest BCUT2D eigenvalue weighted by Crippen LogP contribution is 2.37. The fourth-order valence-electron chi connectivity index (χ4n) is 1.87. The van der Waals surface area contributed by atoms with Crippen LogP contribution in [0.5, 0.6) is 11.5 Å². The van der Waals surface area contributed by atoms with Crippen LogP contribution in [-0.2, 0) is 6.61 Å². The maximum absolute atomic E-state index is 11.0. The topological polar surface area (TPSA) is 58.6 Å². The molecule has 23 heavy (non-hydrogen) atoms. The molecule has 0 bridgehead atoms. The molecule has 0 saturated carbocycles. The summed E-state index contributed by atoms with van der Waals surface area (Å²) in [5.41, 5.74) is 0.697. The Morgan fingerprint density at radius 1 is 1.04 bits per heavy atom. The summed E-state index contributed by atoms with van der Waals surface area (Å²) in [4.78, 5) is 11.0. The Labute approximate surface area is 148 Å². The summed E-state index contributed by atoms with van der Waals surface area (Å²) in [5, 5.41) is 12.0. The first-order valence-corrected chi connectivity index (χ1v) is 7.80. The predicted octanol–water partition coefficient (Wildman–Crippen LogP) is 3.99. The molecule has 0 spiro atoms. The minimum atomic E-state index is -1.34. The van der Waals surface area contributed by atoms with Crippen LogP contribution in [0.15, 0.2) is 30.3 Å². The van der Waals surface area contributed by atoms with Crippen LogP contribution in [0.3, 0.4) is 0 Å². The van der Waals surface area contributed by atoms with Crippen LogP contribution in [0, 0.1) is 0 Å². The van der Waals surface area contributed by atoms with E-state index in [1.54, 1.807) is 25.1 Å². The third kappa shape index (κ3) is 4.44. The molecule has 0 aromatic heterocycles. The van der Waals surface area contributed by atoms with E-state index < -0.39 is 5.97 Å². The van der Waals surface area contributed by atoms with Gasteiger partial charge in [0.05, 0.1) is 27.6 Å². The Kier molecular flexibility index (Phi) is 5.99. The van der Waals surface area contributed by atoms with Crippen molar-refractivity contribution >= 4 is 40.8 Å². The van der Waals surface area contributed by atoms with Gasteiger partial charge < -0.3 is 19.4 Å². The third-order valence-corrected chi connectivity index (χ3v) is 3.93. The number of carbonyl (C=O) groups excluding carboxylic acids is 1. The monoisotopic (exact) mass is 373 g/mol. The summed E-state index contributed by atoms with van der Waals surface area (Å²) in [5.74, 6) is -0.854. The van der Waals surface area contributed by atoms with E-state index in [-0.39, 0.29) is 28.7 Å². The summed E-state index contributed by atoms with van der Waals surface area (Å²) in [6.45, 7) is 2.26. The Hall–Kier alpha value is -1.62. The molecule has 122 valence electrons. The second-order valence-corrected chi connectivity index (χ2v) is 5.76.